The zero-order chi connectivity index (χ0) is 17.2. The molecule has 130 valence electrons. The minimum Gasteiger partial charge on any atom is -0.336 e. The van der Waals surface area contributed by atoms with Gasteiger partial charge in [-0.25, -0.2) is 13.1 Å². The third-order valence-corrected chi connectivity index (χ3v) is 5.52. The number of nitrogens with one attached hydrogen (secondary N) is 1. The Morgan fingerprint density at radius 3 is 2.92 bits per heavy atom. The highest BCUT2D eigenvalue weighted by Crippen LogP contribution is 2.23. The number of hydrogen-bond donors (Lipinski definition) is 1. The first kappa shape index (κ1) is 17.2. The Bertz CT molecular complexity index is 834. The Morgan fingerprint density at radius 2 is 2.12 bits per heavy atom. The summed E-state index contributed by atoms with van der Waals surface area (Å²) in [5.74, 6) is -0.0195. The Morgan fingerprint density at radius 1 is 1.33 bits per heavy atom. The smallest absolute Gasteiger partial charge is 0.254 e. The van der Waals surface area contributed by atoms with Crippen molar-refractivity contribution in [2.75, 3.05) is 19.3 Å². The number of sulfonamides is 1. The van der Waals surface area contributed by atoms with E-state index in [0.717, 1.165) is 48.3 Å². The monoisotopic (exact) mass is 368 g/mol. The van der Waals surface area contributed by atoms with E-state index in [1.165, 1.54) is 0 Å². The molecule has 0 bridgehead atoms. The molecule has 1 fully saturated rings. The van der Waals surface area contributed by atoms with Crippen molar-refractivity contribution >= 4 is 38.7 Å². The maximum Gasteiger partial charge on any atom is 0.254 e. The summed E-state index contributed by atoms with van der Waals surface area (Å²) in [7, 11) is -3.20. The molecule has 0 aliphatic carbocycles. The van der Waals surface area contributed by atoms with Crippen molar-refractivity contribution in [3.8, 4) is 0 Å². The first-order valence-corrected chi connectivity index (χ1v) is 10.5. The number of fused-ring (bicyclic) bond motifs is 1. The van der Waals surface area contributed by atoms with Crippen LogP contribution >= 0.6 is 11.7 Å². The van der Waals surface area contributed by atoms with Crippen LogP contribution < -0.4 is 4.72 Å². The zero-order valence-corrected chi connectivity index (χ0v) is 15.1. The minimum absolute atomic E-state index is 0.0195. The summed E-state index contributed by atoms with van der Waals surface area (Å²) in [5.41, 5.74) is 2.14. The molecule has 0 radical (unpaired) electrons. The number of amides is 1. The fraction of sp³-hybridized carbons (Fsp3) is 0.533. The third kappa shape index (κ3) is 4.08. The molecule has 1 aliphatic heterocycles. The highest BCUT2D eigenvalue weighted by atomic mass is 32.2. The maximum absolute atomic E-state index is 12.9. The molecule has 2 aromatic rings. The van der Waals surface area contributed by atoms with Gasteiger partial charge in [-0.15, -0.1) is 0 Å². The molecule has 9 heteroatoms. The molecule has 1 aliphatic rings. The SMILES string of the molecule is CS(=O)(=O)NCC[C@H]1CCCCN1C(=O)c1ccc2nsnc2c1. The van der Waals surface area contributed by atoms with Crippen molar-refractivity contribution in [3.63, 3.8) is 0 Å². The van der Waals surface area contributed by atoms with Gasteiger partial charge in [0, 0.05) is 24.7 Å². The van der Waals surface area contributed by atoms with Gasteiger partial charge in [-0.1, -0.05) is 0 Å². The van der Waals surface area contributed by atoms with Crippen molar-refractivity contribution in [1.82, 2.24) is 18.4 Å². The topological polar surface area (TPSA) is 92.3 Å². The van der Waals surface area contributed by atoms with Crippen LogP contribution in [0, 0.1) is 0 Å². The molecular formula is C15H20N4O3S2. The molecule has 1 saturated heterocycles. The van der Waals surface area contributed by atoms with Gasteiger partial charge in [0.2, 0.25) is 10.0 Å². The van der Waals surface area contributed by atoms with E-state index in [2.05, 4.69) is 13.5 Å². The lowest BCUT2D eigenvalue weighted by Crippen LogP contribution is -2.45. The lowest BCUT2D eigenvalue weighted by molar-refractivity contribution is 0.0604. The van der Waals surface area contributed by atoms with Crippen molar-refractivity contribution in [2.45, 2.75) is 31.7 Å². The number of likely N-dealkylation sites (tertiary alicyclic amines) is 1. The lowest BCUT2D eigenvalue weighted by atomic mass is 9.98. The zero-order valence-electron chi connectivity index (χ0n) is 13.4. The molecule has 0 unspecified atom stereocenters. The average molecular weight is 368 g/mol. The fourth-order valence-electron chi connectivity index (χ4n) is 3.06. The van der Waals surface area contributed by atoms with Gasteiger partial charge in [0.25, 0.3) is 5.91 Å². The molecule has 2 heterocycles. The summed E-state index contributed by atoms with van der Waals surface area (Å²) in [6.45, 7) is 1.05. The highest BCUT2D eigenvalue weighted by molar-refractivity contribution is 7.88. The largest absolute Gasteiger partial charge is 0.336 e. The van der Waals surface area contributed by atoms with E-state index in [-0.39, 0.29) is 11.9 Å². The first-order valence-electron chi connectivity index (χ1n) is 7.92. The summed E-state index contributed by atoms with van der Waals surface area (Å²) in [5, 5.41) is 0. The van der Waals surface area contributed by atoms with Crippen molar-refractivity contribution in [2.24, 2.45) is 0 Å². The first-order chi connectivity index (χ1) is 11.4. The number of nitrogens with zero attached hydrogens (tertiary/aromatic N) is 3. The van der Waals surface area contributed by atoms with Crippen molar-refractivity contribution in [1.29, 1.82) is 0 Å². The van der Waals surface area contributed by atoms with E-state index in [1.807, 2.05) is 11.0 Å². The predicted molar refractivity (Wildman–Crippen MR) is 93.6 cm³/mol. The molecular weight excluding hydrogens is 348 g/mol. The van der Waals surface area contributed by atoms with Crippen LogP contribution in [0.5, 0.6) is 0 Å². The number of piperidine rings is 1. The van der Waals surface area contributed by atoms with Crippen molar-refractivity contribution in [3.05, 3.63) is 23.8 Å². The molecule has 3 rings (SSSR count). The van der Waals surface area contributed by atoms with Gasteiger partial charge in [0.1, 0.15) is 11.0 Å². The fourth-order valence-corrected chi connectivity index (χ4v) is 4.07. The van der Waals surface area contributed by atoms with Crippen LogP contribution in [0.15, 0.2) is 18.2 Å². The lowest BCUT2D eigenvalue weighted by Gasteiger charge is -2.36. The van der Waals surface area contributed by atoms with Gasteiger partial charge >= 0.3 is 0 Å². The normalized spacial score (nSPS) is 18.9. The van der Waals surface area contributed by atoms with Gasteiger partial charge in [0.15, 0.2) is 0 Å². The van der Waals surface area contributed by atoms with Crippen LogP contribution in [-0.2, 0) is 10.0 Å². The number of rotatable bonds is 5. The summed E-state index contributed by atoms with van der Waals surface area (Å²) < 4.78 is 33.3. The third-order valence-electron chi connectivity index (χ3n) is 4.23. The molecule has 1 aromatic heterocycles. The highest BCUT2D eigenvalue weighted by Gasteiger charge is 2.27. The number of carbonyl (C=O) groups excluding carboxylic acids is 1. The maximum atomic E-state index is 12.9. The van der Waals surface area contributed by atoms with Gasteiger partial charge in [-0.05, 0) is 43.9 Å². The summed E-state index contributed by atoms with van der Waals surface area (Å²) in [4.78, 5) is 14.7. The van der Waals surface area contributed by atoms with Crippen LogP contribution in [0.4, 0.5) is 0 Å². The summed E-state index contributed by atoms with van der Waals surface area (Å²) in [6, 6.07) is 5.44. The van der Waals surface area contributed by atoms with Crippen LogP contribution in [0.2, 0.25) is 0 Å². The van der Waals surface area contributed by atoms with E-state index in [1.54, 1.807) is 12.1 Å². The summed E-state index contributed by atoms with van der Waals surface area (Å²) in [6.07, 6.45) is 4.70. The second-order valence-electron chi connectivity index (χ2n) is 6.07. The minimum atomic E-state index is -3.20. The quantitative estimate of drug-likeness (QED) is 0.866. The van der Waals surface area contributed by atoms with E-state index < -0.39 is 10.0 Å². The van der Waals surface area contributed by atoms with Gasteiger partial charge < -0.3 is 4.90 Å². The van der Waals surface area contributed by atoms with Gasteiger partial charge in [-0.3, -0.25) is 4.79 Å². The van der Waals surface area contributed by atoms with E-state index in [4.69, 9.17) is 0 Å². The standard InChI is InChI=1S/C15H20N4O3S2/c1-24(21,22)16-8-7-12-4-2-3-9-19(12)15(20)11-5-6-13-14(10-11)18-23-17-13/h5-6,10,12,16H,2-4,7-9H2,1H3/t12-/m1/s1. The number of hydrogen-bond acceptors (Lipinski definition) is 6. The van der Waals surface area contributed by atoms with Crippen LogP contribution in [0.1, 0.15) is 36.0 Å². The van der Waals surface area contributed by atoms with E-state index in [9.17, 15) is 13.2 Å². The molecule has 1 N–H and O–H groups in total. The molecule has 24 heavy (non-hydrogen) atoms. The molecule has 1 amide bonds. The molecule has 1 atom stereocenters. The molecule has 0 spiro atoms. The second kappa shape index (κ2) is 7.12. The Balaban J connectivity index is 1.72. The second-order valence-corrected chi connectivity index (χ2v) is 8.43. The molecule has 1 aromatic carbocycles. The van der Waals surface area contributed by atoms with E-state index in [0.29, 0.717) is 25.1 Å². The van der Waals surface area contributed by atoms with Crippen LogP contribution in [-0.4, -0.2) is 53.4 Å². The summed E-state index contributed by atoms with van der Waals surface area (Å²) >= 11 is 1.13. The van der Waals surface area contributed by atoms with Crippen LogP contribution in [0.25, 0.3) is 11.0 Å². The number of carbonyl (C=O) groups is 1. The van der Waals surface area contributed by atoms with Gasteiger partial charge in [-0.2, -0.15) is 8.75 Å². The van der Waals surface area contributed by atoms with Gasteiger partial charge in [0.05, 0.1) is 18.0 Å². The predicted octanol–water partition coefficient (Wildman–Crippen LogP) is 1.63. The Hall–Kier alpha value is -1.58. The average Bonchev–Trinajstić information content (AvgIpc) is 3.01. The number of aromatic nitrogens is 2. The van der Waals surface area contributed by atoms with Crippen molar-refractivity contribution < 1.29 is 13.2 Å². The molecule has 7 nitrogen and oxygen atoms in total. The molecule has 0 saturated carbocycles. The Kier molecular flexibility index (Phi) is 5.12. The van der Waals surface area contributed by atoms with E-state index >= 15 is 0 Å². The number of benzene rings is 1. The van der Waals surface area contributed by atoms with Crippen LogP contribution in [0.3, 0.4) is 0 Å². The Labute approximate surface area is 145 Å².